The molecule has 0 N–H and O–H groups in total. The van der Waals surface area contributed by atoms with Crippen molar-refractivity contribution in [2.24, 2.45) is 4.99 Å². The Balaban J connectivity index is 2.17. The Labute approximate surface area is 161 Å². The third kappa shape index (κ3) is 4.98. The molecule has 0 unspecified atom stereocenters. The van der Waals surface area contributed by atoms with Gasteiger partial charge in [-0.25, -0.2) is 4.99 Å². The van der Waals surface area contributed by atoms with E-state index in [0.717, 1.165) is 28.9 Å². The van der Waals surface area contributed by atoms with Gasteiger partial charge in [0.15, 0.2) is 5.78 Å². The van der Waals surface area contributed by atoms with Crippen molar-refractivity contribution in [3.05, 3.63) is 58.1 Å². The number of rotatable bonds is 7. The van der Waals surface area contributed by atoms with E-state index in [2.05, 4.69) is 44.0 Å². The molecular weight excluding hydrogens is 340 g/mol. The Hall–Kier alpha value is -2.07. The monoisotopic (exact) mass is 368 g/mol. The van der Waals surface area contributed by atoms with Crippen molar-refractivity contribution in [1.82, 2.24) is 4.90 Å². The molecular formula is C22H28N2OS. The highest BCUT2D eigenvalue weighted by atomic mass is 32.2. The SMILES string of the molecule is CCN(C)C=Nc1cc(C)c(C(=O)CSc2c(C)cccc2C)cc1C. The van der Waals surface area contributed by atoms with Crippen molar-refractivity contribution in [2.45, 2.75) is 39.5 Å². The fourth-order valence-electron chi connectivity index (χ4n) is 2.73. The Morgan fingerprint density at radius 2 is 1.73 bits per heavy atom. The lowest BCUT2D eigenvalue weighted by Crippen LogP contribution is -2.14. The summed E-state index contributed by atoms with van der Waals surface area (Å²) in [7, 11) is 1.99. The molecule has 0 bridgehead atoms. The molecule has 0 fully saturated rings. The van der Waals surface area contributed by atoms with E-state index >= 15 is 0 Å². The van der Waals surface area contributed by atoms with Gasteiger partial charge in [0.05, 0.1) is 17.8 Å². The Kier molecular flexibility index (Phi) is 7.04. The second-order valence-electron chi connectivity index (χ2n) is 6.70. The summed E-state index contributed by atoms with van der Waals surface area (Å²) < 4.78 is 0. The highest BCUT2D eigenvalue weighted by Gasteiger charge is 2.13. The summed E-state index contributed by atoms with van der Waals surface area (Å²) in [5.74, 6) is 0.618. The number of hydrogen-bond acceptors (Lipinski definition) is 3. The van der Waals surface area contributed by atoms with Crippen molar-refractivity contribution >= 4 is 29.6 Å². The second-order valence-corrected chi connectivity index (χ2v) is 7.69. The van der Waals surface area contributed by atoms with Crippen LogP contribution in [-0.2, 0) is 0 Å². The van der Waals surface area contributed by atoms with Gasteiger partial charge in [-0.15, -0.1) is 11.8 Å². The van der Waals surface area contributed by atoms with Crippen LogP contribution in [-0.4, -0.2) is 36.4 Å². The molecule has 4 heteroatoms. The Morgan fingerprint density at radius 1 is 1.08 bits per heavy atom. The normalized spacial score (nSPS) is 11.2. The second kappa shape index (κ2) is 9.04. The van der Waals surface area contributed by atoms with Crippen LogP contribution < -0.4 is 0 Å². The summed E-state index contributed by atoms with van der Waals surface area (Å²) in [4.78, 5) is 20.5. The van der Waals surface area contributed by atoms with Crippen molar-refractivity contribution < 1.29 is 4.79 Å². The van der Waals surface area contributed by atoms with Crippen LogP contribution in [0, 0.1) is 27.7 Å². The van der Waals surface area contributed by atoms with Crippen LogP contribution in [0.1, 0.15) is 39.5 Å². The molecule has 26 heavy (non-hydrogen) atoms. The van der Waals surface area contributed by atoms with Crippen LogP contribution in [0.25, 0.3) is 0 Å². The molecule has 0 radical (unpaired) electrons. The smallest absolute Gasteiger partial charge is 0.173 e. The quantitative estimate of drug-likeness (QED) is 0.280. The van der Waals surface area contributed by atoms with Gasteiger partial charge in [0, 0.05) is 24.1 Å². The molecule has 2 aromatic rings. The molecule has 0 amide bonds. The van der Waals surface area contributed by atoms with E-state index < -0.39 is 0 Å². The van der Waals surface area contributed by atoms with E-state index in [1.165, 1.54) is 16.0 Å². The van der Waals surface area contributed by atoms with Gasteiger partial charge in [-0.05, 0) is 69.0 Å². The van der Waals surface area contributed by atoms with Crippen LogP contribution in [0.4, 0.5) is 5.69 Å². The lowest BCUT2D eigenvalue weighted by Gasteiger charge is -2.12. The molecule has 0 heterocycles. The molecule has 0 aliphatic rings. The van der Waals surface area contributed by atoms with Gasteiger partial charge in [0.1, 0.15) is 0 Å². The number of nitrogens with zero attached hydrogens (tertiary/aromatic N) is 2. The summed E-state index contributed by atoms with van der Waals surface area (Å²) in [6.07, 6.45) is 1.83. The van der Waals surface area contributed by atoms with Gasteiger partial charge in [0.2, 0.25) is 0 Å². The summed E-state index contributed by atoms with van der Waals surface area (Å²) in [6, 6.07) is 10.2. The zero-order valence-corrected chi connectivity index (χ0v) is 17.4. The summed E-state index contributed by atoms with van der Waals surface area (Å²) in [5.41, 5.74) is 6.16. The largest absolute Gasteiger partial charge is 0.366 e. The van der Waals surface area contributed by atoms with Crippen LogP contribution in [0.2, 0.25) is 0 Å². The first-order chi connectivity index (χ1) is 12.3. The van der Waals surface area contributed by atoms with Crippen molar-refractivity contribution in [2.75, 3.05) is 19.3 Å². The molecule has 0 atom stereocenters. The minimum atomic E-state index is 0.166. The highest BCUT2D eigenvalue weighted by Crippen LogP contribution is 2.29. The minimum Gasteiger partial charge on any atom is -0.366 e. The number of carbonyl (C=O) groups excluding carboxylic acids is 1. The average Bonchev–Trinajstić information content (AvgIpc) is 2.61. The van der Waals surface area contributed by atoms with Gasteiger partial charge in [0.25, 0.3) is 0 Å². The first kappa shape index (κ1) is 20.2. The molecule has 0 aromatic heterocycles. The van der Waals surface area contributed by atoms with Crippen molar-refractivity contribution in [3.63, 3.8) is 0 Å². The van der Waals surface area contributed by atoms with Gasteiger partial charge in [-0.1, -0.05) is 18.2 Å². The predicted octanol–water partition coefficient (Wildman–Crippen LogP) is 5.51. The molecule has 2 rings (SSSR count). The maximum atomic E-state index is 12.8. The number of Topliss-reactive ketones (excluding diaryl/α,β-unsaturated/α-hetero) is 1. The number of aryl methyl sites for hydroxylation is 4. The maximum Gasteiger partial charge on any atom is 0.173 e. The van der Waals surface area contributed by atoms with E-state index in [4.69, 9.17) is 0 Å². The number of thioether (sulfide) groups is 1. The highest BCUT2D eigenvalue weighted by molar-refractivity contribution is 8.00. The molecule has 0 saturated carbocycles. The molecule has 138 valence electrons. The van der Waals surface area contributed by atoms with Crippen LogP contribution in [0.3, 0.4) is 0 Å². The number of aliphatic imine (C=N–C) groups is 1. The van der Waals surface area contributed by atoms with Gasteiger partial charge >= 0.3 is 0 Å². The number of benzene rings is 2. The number of carbonyl (C=O) groups is 1. The molecule has 0 spiro atoms. The fourth-order valence-corrected chi connectivity index (χ4v) is 3.75. The molecule has 2 aromatic carbocycles. The average molecular weight is 369 g/mol. The van der Waals surface area contributed by atoms with Crippen molar-refractivity contribution in [3.8, 4) is 0 Å². The Morgan fingerprint density at radius 3 is 2.35 bits per heavy atom. The third-order valence-electron chi connectivity index (χ3n) is 4.49. The first-order valence-electron chi connectivity index (χ1n) is 8.91. The van der Waals surface area contributed by atoms with Gasteiger partial charge < -0.3 is 4.90 Å². The lowest BCUT2D eigenvalue weighted by molar-refractivity contribution is 0.102. The van der Waals surface area contributed by atoms with Crippen LogP contribution in [0.5, 0.6) is 0 Å². The van der Waals surface area contributed by atoms with E-state index in [1.54, 1.807) is 11.8 Å². The maximum absolute atomic E-state index is 12.8. The Bertz CT molecular complexity index is 807. The van der Waals surface area contributed by atoms with Crippen LogP contribution >= 0.6 is 11.8 Å². The van der Waals surface area contributed by atoms with E-state index in [0.29, 0.717) is 5.75 Å². The summed E-state index contributed by atoms with van der Waals surface area (Å²) >= 11 is 1.63. The zero-order valence-electron chi connectivity index (χ0n) is 16.6. The van der Waals surface area contributed by atoms with Gasteiger partial charge in [-0.2, -0.15) is 0 Å². The molecule has 0 aliphatic heterocycles. The lowest BCUT2D eigenvalue weighted by atomic mass is 10.0. The first-order valence-corrected chi connectivity index (χ1v) is 9.90. The van der Waals surface area contributed by atoms with Crippen molar-refractivity contribution in [1.29, 1.82) is 0 Å². The standard InChI is InChI=1S/C22H28N2OS/c1-7-24(6)14-23-20-12-17(4)19(11-18(20)5)21(25)13-26-22-15(2)9-8-10-16(22)3/h8-12,14H,7,13H2,1-6H3. The molecule has 0 aliphatic carbocycles. The number of hydrogen-bond donors (Lipinski definition) is 0. The van der Waals surface area contributed by atoms with Gasteiger partial charge in [-0.3, -0.25) is 4.79 Å². The predicted molar refractivity (Wildman–Crippen MR) is 113 cm³/mol. The summed E-state index contributed by atoms with van der Waals surface area (Å²) in [5, 5.41) is 0. The van der Waals surface area contributed by atoms with E-state index in [1.807, 2.05) is 44.3 Å². The molecule has 3 nitrogen and oxygen atoms in total. The molecule has 0 saturated heterocycles. The van der Waals surface area contributed by atoms with E-state index in [9.17, 15) is 4.79 Å². The third-order valence-corrected chi connectivity index (χ3v) is 5.83. The summed E-state index contributed by atoms with van der Waals surface area (Å²) in [6.45, 7) is 11.2. The fraction of sp³-hybridized carbons (Fsp3) is 0.364. The zero-order chi connectivity index (χ0) is 19.3. The minimum absolute atomic E-state index is 0.166. The van der Waals surface area contributed by atoms with E-state index in [-0.39, 0.29) is 5.78 Å². The number of ketones is 1. The van der Waals surface area contributed by atoms with Crippen LogP contribution in [0.15, 0.2) is 40.2 Å². The topological polar surface area (TPSA) is 32.7 Å².